The van der Waals surface area contributed by atoms with Crippen molar-refractivity contribution >= 4 is 11.5 Å². The summed E-state index contributed by atoms with van der Waals surface area (Å²) in [5.74, 6) is 1.12. The molecule has 3 nitrogen and oxygen atoms in total. The topological polar surface area (TPSA) is 36.4 Å². The van der Waals surface area contributed by atoms with Gasteiger partial charge in [0.2, 0.25) is 0 Å². The fourth-order valence-corrected chi connectivity index (χ4v) is 2.73. The first-order chi connectivity index (χ1) is 9.83. The largest absolute Gasteiger partial charge is 0.387 e. The summed E-state index contributed by atoms with van der Waals surface area (Å²) >= 11 is 0. The summed E-state index contributed by atoms with van der Waals surface area (Å²) in [7, 11) is 0. The highest BCUT2D eigenvalue weighted by atomic mass is 15.0. The van der Waals surface area contributed by atoms with E-state index in [-0.39, 0.29) is 0 Å². The average Bonchev–Trinajstić information content (AvgIpc) is 2.69. The maximum absolute atomic E-state index is 4.76. The first-order valence-electron chi connectivity index (χ1n) is 7.30. The molecule has 3 rings (SSSR count). The number of benzene rings is 1. The number of allylic oxidation sites excluding steroid dienone is 2. The van der Waals surface area contributed by atoms with E-state index >= 15 is 0 Å². The van der Waals surface area contributed by atoms with Crippen LogP contribution in [0.25, 0.3) is 0 Å². The summed E-state index contributed by atoms with van der Waals surface area (Å²) in [6.07, 6.45) is 9.50. The van der Waals surface area contributed by atoms with E-state index < -0.39 is 0 Å². The Morgan fingerprint density at radius 3 is 3.05 bits per heavy atom. The van der Waals surface area contributed by atoms with Crippen molar-refractivity contribution in [2.24, 2.45) is 4.99 Å². The number of hydrogen-bond acceptors (Lipinski definition) is 2. The van der Waals surface area contributed by atoms with Crippen molar-refractivity contribution in [3.05, 3.63) is 53.3 Å². The second-order valence-electron chi connectivity index (χ2n) is 5.41. The Morgan fingerprint density at radius 2 is 2.20 bits per heavy atom. The molecule has 0 amide bonds. The molecule has 0 saturated heterocycles. The number of hydrogen-bond donors (Lipinski definition) is 2. The molecule has 2 heterocycles. The SMILES string of the molecule is Cc1cccc2c1CCCC(=NCC1=CC=CNC1)N2. The number of dihydropyridines is 1. The standard InChI is InChI=1S/C17H21N3/c1-13-5-2-8-16-15(13)7-3-9-17(20-16)19-12-14-6-4-10-18-11-14/h2,4-6,8,10,18H,3,7,9,11-12H2,1H3,(H,19,20). The van der Waals surface area contributed by atoms with E-state index in [9.17, 15) is 0 Å². The quantitative estimate of drug-likeness (QED) is 0.863. The van der Waals surface area contributed by atoms with Crippen molar-refractivity contribution in [3.8, 4) is 0 Å². The Kier molecular flexibility index (Phi) is 3.86. The van der Waals surface area contributed by atoms with Crippen molar-refractivity contribution in [1.29, 1.82) is 0 Å². The van der Waals surface area contributed by atoms with Gasteiger partial charge in [0, 0.05) is 18.7 Å². The predicted octanol–water partition coefficient (Wildman–Crippen LogP) is 3.19. The molecule has 0 aromatic heterocycles. The monoisotopic (exact) mass is 267 g/mol. The van der Waals surface area contributed by atoms with E-state index in [1.54, 1.807) is 0 Å². The lowest BCUT2D eigenvalue weighted by Crippen LogP contribution is -2.17. The maximum Gasteiger partial charge on any atom is 0.101 e. The van der Waals surface area contributed by atoms with E-state index in [1.807, 2.05) is 12.3 Å². The predicted molar refractivity (Wildman–Crippen MR) is 85.3 cm³/mol. The molecule has 104 valence electrons. The van der Waals surface area contributed by atoms with Crippen LogP contribution in [0, 0.1) is 6.92 Å². The van der Waals surface area contributed by atoms with Gasteiger partial charge in [0.05, 0.1) is 6.54 Å². The number of nitrogens with one attached hydrogen (secondary N) is 2. The van der Waals surface area contributed by atoms with Crippen LogP contribution in [0.3, 0.4) is 0 Å². The Balaban J connectivity index is 1.75. The zero-order chi connectivity index (χ0) is 13.8. The molecular formula is C17H21N3. The van der Waals surface area contributed by atoms with Gasteiger partial charge in [-0.25, -0.2) is 0 Å². The van der Waals surface area contributed by atoms with Gasteiger partial charge < -0.3 is 10.6 Å². The average molecular weight is 267 g/mol. The lowest BCUT2D eigenvalue weighted by molar-refractivity contribution is 0.860. The van der Waals surface area contributed by atoms with Crippen LogP contribution in [0.15, 0.2) is 47.1 Å². The van der Waals surface area contributed by atoms with Crippen molar-refractivity contribution in [2.45, 2.75) is 26.2 Å². The molecule has 1 aromatic carbocycles. The van der Waals surface area contributed by atoms with Gasteiger partial charge in [-0.2, -0.15) is 0 Å². The highest BCUT2D eigenvalue weighted by Gasteiger charge is 2.12. The summed E-state index contributed by atoms with van der Waals surface area (Å²) in [6.45, 7) is 3.87. The van der Waals surface area contributed by atoms with Crippen molar-refractivity contribution in [1.82, 2.24) is 5.32 Å². The van der Waals surface area contributed by atoms with Crippen molar-refractivity contribution in [3.63, 3.8) is 0 Å². The molecule has 0 atom stereocenters. The normalized spacial score (nSPS) is 19.6. The molecule has 2 aliphatic rings. The van der Waals surface area contributed by atoms with Crippen LogP contribution in [0.5, 0.6) is 0 Å². The third kappa shape index (κ3) is 2.93. The number of nitrogens with zero attached hydrogens (tertiary/aromatic N) is 1. The fraction of sp³-hybridized carbons (Fsp3) is 0.353. The molecule has 1 aromatic rings. The molecule has 0 bridgehead atoms. The molecular weight excluding hydrogens is 246 g/mol. The number of aryl methyl sites for hydroxylation is 1. The van der Waals surface area contributed by atoms with Crippen LogP contribution in [-0.4, -0.2) is 18.9 Å². The number of aliphatic imine (C=N–C) groups is 1. The number of fused-ring (bicyclic) bond motifs is 1. The van der Waals surface area contributed by atoms with Gasteiger partial charge in [-0.05, 0) is 54.8 Å². The van der Waals surface area contributed by atoms with Gasteiger partial charge in [-0.1, -0.05) is 18.2 Å². The molecule has 2 N–H and O–H groups in total. The number of amidine groups is 1. The number of rotatable bonds is 2. The molecule has 0 unspecified atom stereocenters. The third-order valence-corrected chi connectivity index (χ3v) is 3.88. The van der Waals surface area contributed by atoms with Gasteiger partial charge >= 0.3 is 0 Å². The van der Waals surface area contributed by atoms with E-state index in [0.717, 1.165) is 31.8 Å². The Bertz CT molecular complexity index is 582. The molecule has 0 spiro atoms. The number of anilines is 1. The zero-order valence-corrected chi connectivity index (χ0v) is 11.9. The molecule has 0 saturated carbocycles. The zero-order valence-electron chi connectivity index (χ0n) is 11.9. The Hall–Kier alpha value is -2.03. The van der Waals surface area contributed by atoms with E-state index in [4.69, 9.17) is 4.99 Å². The lowest BCUT2D eigenvalue weighted by Gasteiger charge is -2.12. The highest BCUT2D eigenvalue weighted by Crippen LogP contribution is 2.25. The first kappa shape index (κ1) is 13.0. The lowest BCUT2D eigenvalue weighted by atomic mass is 10.0. The van der Waals surface area contributed by atoms with Gasteiger partial charge in [0.25, 0.3) is 0 Å². The first-order valence-corrected chi connectivity index (χ1v) is 7.30. The molecule has 0 fully saturated rings. The van der Waals surface area contributed by atoms with Gasteiger partial charge in [0.1, 0.15) is 5.84 Å². The summed E-state index contributed by atoms with van der Waals surface area (Å²) in [4.78, 5) is 4.76. The highest BCUT2D eigenvalue weighted by molar-refractivity contribution is 5.97. The fourth-order valence-electron chi connectivity index (χ4n) is 2.73. The van der Waals surface area contributed by atoms with Crippen molar-refractivity contribution < 1.29 is 0 Å². The summed E-state index contributed by atoms with van der Waals surface area (Å²) < 4.78 is 0. The molecule has 3 heteroatoms. The van der Waals surface area contributed by atoms with Crippen LogP contribution in [0.4, 0.5) is 5.69 Å². The third-order valence-electron chi connectivity index (χ3n) is 3.88. The van der Waals surface area contributed by atoms with Crippen LogP contribution >= 0.6 is 0 Å². The second kappa shape index (κ2) is 5.95. The minimum absolute atomic E-state index is 0.779. The van der Waals surface area contributed by atoms with Crippen LogP contribution < -0.4 is 10.6 Å². The second-order valence-corrected chi connectivity index (χ2v) is 5.41. The van der Waals surface area contributed by atoms with Crippen molar-refractivity contribution in [2.75, 3.05) is 18.4 Å². The van der Waals surface area contributed by atoms with E-state index in [1.165, 1.54) is 28.8 Å². The smallest absolute Gasteiger partial charge is 0.101 e. The summed E-state index contributed by atoms with van der Waals surface area (Å²) in [6, 6.07) is 6.46. The van der Waals surface area contributed by atoms with Gasteiger partial charge in [-0.3, -0.25) is 4.99 Å². The Morgan fingerprint density at radius 1 is 1.25 bits per heavy atom. The van der Waals surface area contributed by atoms with E-state index in [2.05, 4.69) is 41.8 Å². The minimum atomic E-state index is 0.779. The minimum Gasteiger partial charge on any atom is -0.387 e. The summed E-state index contributed by atoms with van der Waals surface area (Å²) in [5.41, 5.74) is 5.38. The molecule has 0 radical (unpaired) electrons. The maximum atomic E-state index is 4.76. The summed E-state index contributed by atoms with van der Waals surface area (Å²) in [5, 5.41) is 6.74. The molecule has 20 heavy (non-hydrogen) atoms. The van der Waals surface area contributed by atoms with Crippen LogP contribution in [-0.2, 0) is 6.42 Å². The van der Waals surface area contributed by atoms with Gasteiger partial charge in [0.15, 0.2) is 0 Å². The van der Waals surface area contributed by atoms with Gasteiger partial charge in [-0.15, -0.1) is 0 Å². The Labute approximate surface area is 120 Å². The molecule has 0 aliphatic carbocycles. The van der Waals surface area contributed by atoms with Crippen LogP contribution in [0.1, 0.15) is 24.0 Å². The van der Waals surface area contributed by atoms with E-state index in [0.29, 0.717) is 0 Å². The molecule has 2 aliphatic heterocycles. The van der Waals surface area contributed by atoms with Crippen LogP contribution in [0.2, 0.25) is 0 Å².